The zero-order valence-electron chi connectivity index (χ0n) is 16.7. The van der Waals surface area contributed by atoms with Gasteiger partial charge in [0.05, 0.1) is 17.8 Å². The summed E-state index contributed by atoms with van der Waals surface area (Å²) in [6.07, 6.45) is 5.22. The van der Waals surface area contributed by atoms with Crippen LogP contribution in [-0.4, -0.2) is 39.7 Å². The van der Waals surface area contributed by atoms with Crippen LogP contribution in [0.15, 0.2) is 60.8 Å². The molecule has 2 aromatic carbocycles. The molecule has 0 spiro atoms. The number of aromatic nitrogens is 2. The van der Waals surface area contributed by atoms with Crippen LogP contribution in [0.25, 0.3) is 16.9 Å². The first-order chi connectivity index (χ1) is 14.2. The Morgan fingerprint density at radius 1 is 1.10 bits per heavy atom. The van der Waals surface area contributed by atoms with E-state index in [4.69, 9.17) is 10.8 Å². The summed E-state index contributed by atoms with van der Waals surface area (Å²) < 4.78 is 15.2. The quantitative estimate of drug-likeness (QED) is 0.668. The molecule has 1 aliphatic heterocycles. The standard InChI is InChI=1S/C23H25FN4O.ClH/c24-19-11-9-17(10-12-19)23-18(16-28(26-23)20-6-2-1-3-7-20)14-22(29)27-13-5-4-8-21(27)15-25;/h1-3,6-7,9-12,16,21H,4-5,8,13-15,25H2;1H. The number of nitrogens with zero attached hydrogens (tertiary/aromatic N) is 3. The Morgan fingerprint density at radius 2 is 1.83 bits per heavy atom. The smallest absolute Gasteiger partial charge is 0.227 e. The number of piperidine rings is 1. The Hall–Kier alpha value is -2.70. The highest BCUT2D eigenvalue weighted by atomic mass is 35.5. The summed E-state index contributed by atoms with van der Waals surface area (Å²) in [6.45, 7) is 1.24. The fraction of sp³-hybridized carbons (Fsp3) is 0.304. The molecule has 1 aromatic heterocycles. The second-order valence-corrected chi connectivity index (χ2v) is 7.44. The highest BCUT2D eigenvalue weighted by molar-refractivity contribution is 5.85. The topological polar surface area (TPSA) is 64.2 Å². The van der Waals surface area contributed by atoms with Crippen LogP contribution in [0.1, 0.15) is 24.8 Å². The van der Waals surface area contributed by atoms with E-state index in [0.29, 0.717) is 12.2 Å². The second-order valence-electron chi connectivity index (χ2n) is 7.44. The van der Waals surface area contributed by atoms with E-state index < -0.39 is 0 Å². The second kappa shape index (κ2) is 9.87. The molecule has 1 amide bonds. The Bertz CT molecular complexity index is 975. The maximum absolute atomic E-state index is 13.4. The van der Waals surface area contributed by atoms with Crippen molar-refractivity contribution in [1.29, 1.82) is 0 Å². The van der Waals surface area contributed by atoms with E-state index in [0.717, 1.165) is 42.6 Å². The zero-order valence-corrected chi connectivity index (χ0v) is 17.5. The van der Waals surface area contributed by atoms with Crippen LogP contribution in [0.5, 0.6) is 0 Å². The molecular formula is C23H26ClFN4O. The number of nitrogens with two attached hydrogens (primary N) is 1. The summed E-state index contributed by atoms with van der Waals surface area (Å²) in [5.74, 6) is -0.232. The molecule has 30 heavy (non-hydrogen) atoms. The van der Waals surface area contributed by atoms with Gasteiger partial charge in [0, 0.05) is 36.5 Å². The normalized spacial score (nSPS) is 16.2. The fourth-order valence-electron chi connectivity index (χ4n) is 3.94. The molecule has 7 heteroatoms. The van der Waals surface area contributed by atoms with E-state index in [-0.39, 0.29) is 36.6 Å². The maximum atomic E-state index is 13.4. The molecule has 4 rings (SSSR count). The number of likely N-dealkylation sites (tertiary alicyclic amines) is 1. The lowest BCUT2D eigenvalue weighted by Crippen LogP contribution is -2.48. The van der Waals surface area contributed by atoms with Crippen LogP contribution in [0, 0.1) is 5.82 Å². The number of rotatable bonds is 5. The zero-order chi connectivity index (χ0) is 20.2. The lowest BCUT2D eigenvalue weighted by atomic mass is 10.00. The van der Waals surface area contributed by atoms with Crippen molar-refractivity contribution in [3.05, 3.63) is 72.2 Å². The predicted molar refractivity (Wildman–Crippen MR) is 118 cm³/mol. The number of carbonyl (C=O) groups is 1. The van der Waals surface area contributed by atoms with E-state index in [1.54, 1.807) is 16.8 Å². The minimum Gasteiger partial charge on any atom is -0.338 e. The monoisotopic (exact) mass is 428 g/mol. The third-order valence-electron chi connectivity index (χ3n) is 5.49. The molecule has 0 aliphatic carbocycles. The average molecular weight is 429 g/mol. The Balaban J connectivity index is 0.00000256. The van der Waals surface area contributed by atoms with Crippen LogP contribution >= 0.6 is 12.4 Å². The van der Waals surface area contributed by atoms with Crippen molar-refractivity contribution >= 4 is 18.3 Å². The minimum absolute atomic E-state index is 0. The molecule has 0 saturated carbocycles. The maximum Gasteiger partial charge on any atom is 0.227 e. The van der Waals surface area contributed by atoms with Gasteiger partial charge in [-0.1, -0.05) is 18.2 Å². The van der Waals surface area contributed by atoms with Gasteiger partial charge in [-0.25, -0.2) is 9.07 Å². The third-order valence-corrected chi connectivity index (χ3v) is 5.49. The number of amides is 1. The van der Waals surface area contributed by atoms with E-state index in [2.05, 4.69) is 0 Å². The van der Waals surface area contributed by atoms with E-state index in [9.17, 15) is 9.18 Å². The number of benzene rings is 2. The Labute approximate surface area is 182 Å². The number of para-hydroxylation sites is 1. The molecule has 1 atom stereocenters. The largest absolute Gasteiger partial charge is 0.338 e. The van der Waals surface area contributed by atoms with Gasteiger partial charge in [-0.2, -0.15) is 5.10 Å². The van der Waals surface area contributed by atoms with Gasteiger partial charge in [0.1, 0.15) is 5.82 Å². The average Bonchev–Trinajstić information content (AvgIpc) is 3.18. The molecule has 1 aliphatic rings. The number of carbonyl (C=O) groups excluding carboxylic acids is 1. The van der Waals surface area contributed by atoms with Gasteiger partial charge in [0.25, 0.3) is 0 Å². The van der Waals surface area contributed by atoms with Crippen LogP contribution in [0.3, 0.4) is 0 Å². The van der Waals surface area contributed by atoms with Crippen molar-refractivity contribution in [2.75, 3.05) is 13.1 Å². The number of halogens is 2. The van der Waals surface area contributed by atoms with E-state index in [1.807, 2.05) is 41.4 Å². The third kappa shape index (κ3) is 4.71. The number of hydrogen-bond donors (Lipinski definition) is 1. The molecule has 1 unspecified atom stereocenters. The molecule has 2 N–H and O–H groups in total. The molecule has 0 bridgehead atoms. The number of hydrogen-bond acceptors (Lipinski definition) is 3. The first-order valence-electron chi connectivity index (χ1n) is 10.0. The summed E-state index contributed by atoms with van der Waals surface area (Å²) in [5, 5.41) is 4.72. The highest BCUT2D eigenvalue weighted by Crippen LogP contribution is 2.26. The summed E-state index contributed by atoms with van der Waals surface area (Å²) in [4.78, 5) is 15.0. The van der Waals surface area contributed by atoms with Gasteiger partial charge in [-0.15, -0.1) is 12.4 Å². The minimum atomic E-state index is -0.298. The van der Waals surface area contributed by atoms with Gasteiger partial charge in [0.15, 0.2) is 0 Å². The summed E-state index contributed by atoms with van der Waals surface area (Å²) in [5.41, 5.74) is 9.12. The summed E-state index contributed by atoms with van der Waals surface area (Å²) in [6, 6.07) is 16.1. The van der Waals surface area contributed by atoms with E-state index in [1.165, 1.54) is 12.1 Å². The van der Waals surface area contributed by atoms with Gasteiger partial charge < -0.3 is 10.6 Å². The SMILES string of the molecule is Cl.NCC1CCCCN1C(=O)Cc1cn(-c2ccccc2)nc1-c1ccc(F)cc1. The predicted octanol–water partition coefficient (Wildman–Crippen LogP) is 3.98. The Morgan fingerprint density at radius 3 is 2.53 bits per heavy atom. The molecule has 2 heterocycles. The van der Waals surface area contributed by atoms with Crippen molar-refractivity contribution < 1.29 is 9.18 Å². The van der Waals surface area contributed by atoms with Crippen molar-refractivity contribution in [2.45, 2.75) is 31.7 Å². The van der Waals surface area contributed by atoms with Crippen LogP contribution < -0.4 is 5.73 Å². The Kier molecular flexibility index (Phi) is 7.24. The van der Waals surface area contributed by atoms with Crippen LogP contribution in [0.4, 0.5) is 4.39 Å². The van der Waals surface area contributed by atoms with Gasteiger partial charge in [0.2, 0.25) is 5.91 Å². The molecule has 5 nitrogen and oxygen atoms in total. The van der Waals surface area contributed by atoms with Gasteiger partial charge >= 0.3 is 0 Å². The van der Waals surface area contributed by atoms with Gasteiger partial charge in [-0.3, -0.25) is 4.79 Å². The molecule has 1 fully saturated rings. The molecule has 158 valence electrons. The molecule has 3 aromatic rings. The lowest BCUT2D eigenvalue weighted by Gasteiger charge is -2.35. The fourth-order valence-corrected chi connectivity index (χ4v) is 3.94. The van der Waals surface area contributed by atoms with Crippen LogP contribution in [0.2, 0.25) is 0 Å². The first kappa shape index (κ1) is 22.0. The van der Waals surface area contributed by atoms with Crippen molar-refractivity contribution in [3.8, 4) is 16.9 Å². The van der Waals surface area contributed by atoms with Crippen LogP contribution in [-0.2, 0) is 11.2 Å². The highest BCUT2D eigenvalue weighted by Gasteiger charge is 2.27. The molecule has 0 radical (unpaired) electrons. The lowest BCUT2D eigenvalue weighted by molar-refractivity contribution is -0.133. The van der Waals surface area contributed by atoms with Gasteiger partial charge in [-0.05, 0) is 55.7 Å². The summed E-state index contributed by atoms with van der Waals surface area (Å²) in [7, 11) is 0. The first-order valence-corrected chi connectivity index (χ1v) is 10.0. The summed E-state index contributed by atoms with van der Waals surface area (Å²) >= 11 is 0. The van der Waals surface area contributed by atoms with Crippen molar-refractivity contribution in [3.63, 3.8) is 0 Å². The molecule has 1 saturated heterocycles. The van der Waals surface area contributed by atoms with Crippen molar-refractivity contribution in [2.24, 2.45) is 5.73 Å². The molecular weight excluding hydrogens is 403 g/mol. The van der Waals surface area contributed by atoms with Crippen molar-refractivity contribution in [1.82, 2.24) is 14.7 Å². The van der Waals surface area contributed by atoms with E-state index >= 15 is 0 Å².